The molecule has 1 unspecified atom stereocenters. The Morgan fingerprint density at radius 1 is 1.64 bits per heavy atom. The van der Waals surface area contributed by atoms with Crippen LogP contribution in [0.15, 0.2) is 0 Å². The number of rotatable bonds is 5. The summed E-state index contributed by atoms with van der Waals surface area (Å²) in [5, 5.41) is 3.32. The van der Waals surface area contributed by atoms with Gasteiger partial charge >= 0.3 is 0 Å². The molecule has 1 aliphatic heterocycles. The minimum atomic E-state index is -0.635. The van der Waals surface area contributed by atoms with Gasteiger partial charge < -0.3 is 10.1 Å². The smallest absolute Gasteiger partial charge is 0.0643 e. The molecule has 0 aliphatic carbocycles. The van der Waals surface area contributed by atoms with Crippen LogP contribution >= 0.6 is 0 Å². The number of hydrogen-bond acceptors (Lipinski definition) is 3. The zero-order chi connectivity index (χ0) is 8.10. The van der Waals surface area contributed by atoms with Crippen LogP contribution < -0.4 is 5.32 Å². The van der Waals surface area contributed by atoms with E-state index >= 15 is 0 Å². The van der Waals surface area contributed by atoms with E-state index in [-0.39, 0.29) is 0 Å². The second kappa shape index (κ2) is 4.85. The predicted octanol–water partition coefficient (Wildman–Crippen LogP) is -0.257. The highest BCUT2D eigenvalue weighted by atomic mass is 32.2. The Balaban J connectivity index is 1.83. The molecule has 1 rings (SSSR count). The molecule has 1 saturated heterocycles. The molecule has 1 atom stereocenters. The fraction of sp³-hybridized carbons (Fsp3) is 1.00. The zero-order valence-electron chi connectivity index (χ0n) is 6.84. The first-order valence-electron chi connectivity index (χ1n) is 3.90. The van der Waals surface area contributed by atoms with E-state index in [0.717, 1.165) is 31.9 Å². The molecule has 0 aromatic heterocycles. The summed E-state index contributed by atoms with van der Waals surface area (Å²) >= 11 is 0. The molecular formula is C7H15NO2S. The molecule has 0 aromatic rings. The third-order valence-electron chi connectivity index (χ3n) is 1.68. The Bertz CT molecular complexity index is 136. The van der Waals surface area contributed by atoms with Crippen LogP contribution in [0.3, 0.4) is 0 Å². The molecule has 0 spiro atoms. The van der Waals surface area contributed by atoms with Crippen molar-refractivity contribution >= 4 is 10.8 Å². The third kappa shape index (κ3) is 3.84. The molecule has 1 N–H and O–H groups in total. The summed E-state index contributed by atoms with van der Waals surface area (Å²) in [5.41, 5.74) is 0. The van der Waals surface area contributed by atoms with Gasteiger partial charge in [-0.1, -0.05) is 0 Å². The normalized spacial score (nSPS) is 21.2. The lowest BCUT2D eigenvalue weighted by Gasteiger charge is -2.26. The summed E-state index contributed by atoms with van der Waals surface area (Å²) in [6.07, 6.45) is 2.74. The van der Waals surface area contributed by atoms with Crippen LogP contribution in [0.2, 0.25) is 0 Å². The van der Waals surface area contributed by atoms with Gasteiger partial charge in [0.25, 0.3) is 0 Å². The fourth-order valence-electron chi connectivity index (χ4n) is 0.935. The van der Waals surface area contributed by atoms with Gasteiger partial charge in [0, 0.05) is 22.8 Å². The van der Waals surface area contributed by atoms with Crippen molar-refractivity contribution in [1.82, 2.24) is 5.32 Å². The van der Waals surface area contributed by atoms with Crippen LogP contribution in [-0.4, -0.2) is 42.0 Å². The highest BCUT2D eigenvalue weighted by molar-refractivity contribution is 7.84. The molecule has 0 aromatic carbocycles. The van der Waals surface area contributed by atoms with Crippen LogP contribution in [0, 0.1) is 0 Å². The minimum absolute atomic E-state index is 0.556. The lowest BCUT2D eigenvalue weighted by atomic mass is 10.2. The standard InChI is InChI=1S/C7H15NO2S/c1-11(9)4-2-3-8-7-5-10-6-7/h7-8H,2-6H2,1H3. The zero-order valence-corrected chi connectivity index (χ0v) is 7.65. The SMILES string of the molecule is CS(=O)CCCNC1COC1. The van der Waals surface area contributed by atoms with Crippen molar-refractivity contribution in [1.29, 1.82) is 0 Å². The van der Waals surface area contributed by atoms with Crippen molar-refractivity contribution in [2.24, 2.45) is 0 Å². The third-order valence-corrected chi connectivity index (χ3v) is 2.54. The Morgan fingerprint density at radius 2 is 2.36 bits per heavy atom. The number of hydrogen-bond donors (Lipinski definition) is 1. The Hall–Kier alpha value is 0.0700. The first-order chi connectivity index (χ1) is 5.29. The number of nitrogens with one attached hydrogen (secondary N) is 1. The maximum absolute atomic E-state index is 10.6. The first-order valence-corrected chi connectivity index (χ1v) is 5.63. The number of ether oxygens (including phenoxy) is 1. The van der Waals surface area contributed by atoms with E-state index in [2.05, 4.69) is 5.32 Å². The maximum atomic E-state index is 10.6. The topological polar surface area (TPSA) is 38.3 Å². The van der Waals surface area contributed by atoms with Crippen LogP contribution in [0.5, 0.6) is 0 Å². The molecule has 3 nitrogen and oxygen atoms in total. The summed E-state index contributed by atoms with van der Waals surface area (Å²) in [7, 11) is -0.635. The van der Waals surface area contributed by atoms with E-state index < -0.39 is 10.8 Å². The summed E-state index contributed by atoms with van der Waals surface area (Å²) < 4.78 is 15.6. The van der Waals surface area contributed by atoms with E-state index in [1.54, 1.807) is 6.26 Å². The largest absolute Gasteiger partial charge is 0.378 e. The van der Waals surface area contributed by atoms with Crippen molar-refractivity contribution in [2.45, 2.75) is 12.5 Å². The molecule has 66 valence electrons. The van der Waals surface area contributed by atoms with Crippen molar-refractivity contribution in [3.05, 3.63) is 0 Å². The van der Waals surface area contributed by atoms with Crippen LogP contribution in [0.1, 0.15) is 6.42 Å². The van der Waals surface area contributed by atoms with E-state index in [9.17, 15) is 4.21 Å². The van der Waals surface area contributed by atoms with Gasteiger partial charge in [-0.2, -0.15) is 0 Å². The molecule has 0 radical (unpaired) electrons. The van der Waals surface area contributed by atoms with Crippen molar-refractivity contribution in [3.8, 4) is 0 Å². The average Bonchev–Trinajstić information content (AvgIpc) is 1.82. The lowest BCUT2D eigenvalue weighted by Crippen LogP contribution is -2.46. The molecule has 0 saturated carbocycles. The second-order valence-electron chi connectivity index (χ2n) is 2.82. The van der Waals surface area contributed by atoms with Crippen molar-refractivity contribution in [3.63, 3.8) is 0 Å². The Labute approximate surface area is 70.0 Å². The lowest BCUT2D eigenvalue weighted by molar-refractivity contribution is -0.00475. The minimum Gasteiger partial charge on any atom is -0.378 e. The summed E-state index contributed by atoms with van der Waals surface area (Å²) in [5.74, 6) is 0.806. The van der Waals surface area contributed by atoms with Gasteiger partial charge in [-0.3, -0.25) is 4.21 Å². The average molecular weight is 177 g/mol. The highest BCUT2D eigenvalue weighted by Crippen LogP contribution is 1.98. The van der Waals surface area contributed by atoms with Gasteiger partial charge in [-0.15, -0.1) is 0 Å². The predicted molar refractivity (Wildman–Crippen MR) is 46.2 cm³/mol. The molecule has 11 heavy (non-hydrogen) atoms. The Kier molecular flexibility index (Phi) is 4.04. The fourth-order valence-corrected chi connectivity index (χ4v) is 1.49. The van der Waals surface area contributed by atoms with Gasteiger partial charge in [-0.25, -0.2) is 0 Å². The van der Waals surface area contributed by atoms with Crippen LogP contribution in [0.25, 0.3) is 0 Å². The summed E-state index contributed by atoms with van der Waals surface area (Å²) in [4.78, 5) is 0. The van der Waals surface area contributed by atoms with Gasteiger partial charge in [-0.05, 0) is 13.0 Å². The monoisotopic (exact) mass is 177 g/mol. The van der Waals surface area contributed by atoms with Gasteiger partial charge in [0.2, 0.25) is 0 Å². The summed E-state index contributed by atoms with van der Waals surface area (Å²) in [6.45, 7) is 2.65. The highest BCUT2D eigenvalue weighted by Gasteiger charge is 2.16. The molecule has 1 fully saturated rings. The molecule has 0 amide bonds. The maximum Gasteiger partial charge on any atom is 0.0643 e. The van der Waals surface area contributed by atoms with E-state index in [1.165, 1.54) is 0 Å². The van der Waals surface area contributed by atoms with Gasteiger partial charge in [0.05, 0.1) is 19.3 Å². The van der Waals surface area contributed by atoms with Gasteiger partial charge in [0.1, 0.15) is 0 Å². The van der Waals surface area contributed by atoms with Crippen molar-refractivity contribution < 1.29 is 8.95 Å². The Morgan fingerprint density at radius 3 is 2.82 bits per heavy atom. The molecular weight excluding hydrogens is 162 g/mol. The molecule has 1 heterocycles. The first kappa shape index (κ1) is 9.16. The molecule has 1 aliphatic rings. The van der Waals surface area contributed by atoms with E-state index in [0.29, 0.717) is 6.04 Å². The second-order valence-corrected chi connectivity index (χ2v) is 4.37. The van der Waals surface area contributed by atoms with Crippen molar-refractivity contribution in [2.75, 3.05) is 31.8 Å². The summed E-state index contributed by atoms with van der Waals surface area (Å²) in [6, 6.07) is 0.556. The quantitative estimate of drug-likeness (QED) is 0.588. The molecule has 4 heteroatoms. The van der Waals surface area contributed by atoms with Gasteiger partial charge in [0.15, 0.2) is 0 Å². The molecule has 0 bridgehead atoms. The van der Waals surface area contributed by atoms with Crippen LogP contribution in [-0.2, 0) is 15.5 Å². The van der Waals surface area contributed by atoms with E-state index in [1.807, 2.05) is 0 Å². The van der Waals surface area contributed by atoms with E-state index in [4.69, 9.17) is 4.74 Å². The van der Waals surface area contributed by atoms with Crippen LogP contribution in [0.4, 0.5) is 0 Å².